The molecule has 6 aromatic rings. The van der Waals surface area contributed by atoms with E-state index in [1.165, 1.54) is 0 Å². The average Bonchev–Trinajstić information content (AvgIpc) is 1.78. The molecule has 19 nitrogen and oxygen atoms in total. The van der Waals surface area contributed by atoms with E-state index in [0.717, 1.165) is 276 Å². The van der Waals surface area contributed by atoms with Gasteiger partial charge >= 0.3 is 0 Å². The summed E-state index contributed by atoms with van der Waals surface area (Å²) in [5, 5.41) is 7.01. The molecule has 6 aromatic carbocycles. The topological polar surface area (TPSA) is 221 Å². The van der Waals surface area contributed by atoms with Gasteiger partial charge in [0.15, 0.2) is 5.78 Å². The minimum atomic E-state index is 0.0341. The second-order valence-corrected chi connectivity index (χ2v) is 30.3. The second-order valence-electron chi connectivity index (χ2n) is 30.3. The highest BCUT2D eigenvalue weighted by atomic mass is 16.2. The largest absolute Gasteiger partial charge is 0.343 e. The zero-order valence-corrected chi connectivity index (χ0v) is 67.4. The summed E-state index contributed by atoms with van der Waals surface area (Å²) in [4.78, 5) is 104. The number of amidine groups is 3. The molecule has 1 saturated carbocycles. The van der Waals surface area contributed by atoms with Crippen molar-refractivity contribution in [1.82, 2.24) is 34.8 Å². The van der Waals surface area contributed by atoms with E-state index in [9.17, 15) is 28.8 Å². The Bertz CT molecular complexity index is 4370. The van der Waals surface area contributed by atoms with Gasteiger partial charge in [0.25, 0.3) is 11.8 Å². The molecule has 0 bridgehead atoms. The number of nitrogens with two attached hydrogens (primary N) is 1. The van der Waals surface area contributed by atoms with Crippen molar-refractivity contribution in [3.05, 3.63) is 177 Å². The first-order valence-corrected chi connectivity index (χ1v) is 41.0. The molecular weight excluding hydrogens is 1380 g/mol. The third kappa shape index (κ3) is 22.6. The molecule has 0 atom stereocenters. The van der Waals surface area contributed by atoms with Crippen LogP contribution in [-0.2, 0) is 14.4 Å². The van der Waals surface area contributed by atoms with Crippen LogP contribution in [0, 0.1) is 5.92 Å². The summed E-state index contributed by atoms with van der Waals surface area (Å²) < 4.78 is 0. The van der Waals surface area contributed by atoms with Gasteiger partial charge in [-0.2, -0.15) is 0 Å². The Kier molecular flexibility index (Phi) is 31.4. The van der Waals surface area contributed by atoms with Gasteiger partial charge in [-0.05, 0) is 196 Å². The molecule has 0 aromatic heterocycles. The van der Waals surface area contributed by atoms with Gasteiger partial charge in [0, 0.05) is 155 Å². The number of hydrazine groups is 1. The van der Waals surface area contributed by atoms with E-state index in [2.05, 4.69) is 104 Å². The van der Waals surface area contributed by atoms with Crippen LogP contribution >= 0.6 is 0 Å². The lowest BCUT2D eigenvalue weighted by molar-refractivity contribution is -0.128. The number of benzene rings is 6. The first kappa shape index (κ1) is 83.4. The van der Waals surface area contributed by atoms with Crippen molar-refractivity contribution in [2.45, 2.75) is 164 Å². The van der Waals surface area contributed by atoms with Crippen molar-refractivity contribution in [3.63, 3.8) is 0 Å². The number of hydrogen-bond donors (Lipinski definition) is 4. The second kappa shape index (κ2) is 41.8. The molecule has 1 aliphatic carbocycles. The number of amides is 5. The maximum absolute atomic E-state index is 13.7. The van der Waals surface area contributed by atoms with E-state index >= 15 is 0 Å². The minimum Gasteiger partial charge on any atom is -0.343 e. The summed E-state index contributed by atoms with van der Waals surface area (Å²) >= 11 is 0. The van der Waals surface area contributed by atoms with Crippen molar-refractivity contribution in [3.8, 4) is 33.4 Å². The van der Waals surface area contributed by atoms with Crippen LogP contribution in [0.5, 0.6) is 0 Å². The molecule has 0 radical (unpaired) electrons. The monoisotopic (exact) mass is 1500 g/mol. The summed E-state index contributed by atoms with van der Waals surface area (Å²) in [6.45, 7) is 22.2. The molecule has 0 unspecified atom stereocenters. The normalized spacial score (nSPS) is 16.0. The van der Waals surface area contributed by atoms with Crippen molar-refractivity contribution in [1.29, 1.82) is 0 Å². The van der Waals surface area contributed by atoms with Gasteiger partial charge in [0.1, 0.15) is 17.5 Å². The van der Waals surface area contributed by atoms with Crippen LogP contribution in [0.4, 0.5) is 17.1 Å². The number of rotatable bonds is 27. The molecule has 5 amide bonds. The lowest BCUT2D eigenvalue weighted by Gasteiger charge is -2.23. The predicted octanol–water partition coefficient (Wildman–Crippen LogP) is 17.3. The number of fused-ring (bicyclic) bond motifs is 3. The van der Waals surface area contributed by atoms with Crippen LogP contribution in [0.3, 0.4) is 0 Å². The Morgan fingerprint density at radius 2 is 0.847 bits per heavy atom. The van der Waals surface area contributed by atoms with Crippen LogP contribution in [0.25, 0.3) is 51.6 Å². The summed E-state index contributed by atoms with van der Waals surface area (Å²) in [5.74, 6) is 8.85. The molecule has 6 aliphatic rings. The minimum absolute atomic E-state index is 0.0341. The van der Waals surface area contributed by atoms with Crippen molar-refractivity contribution in [2.24, 2.45) is 26.7 Å². The number of ketones is 1. The zero-order chi connectivity index (χ0) is 78.8. The van der Waals surface area contributed by atoms with E-state index in [-0.39, 0.29) is 41.2 Å². The molecule has 588 valence electrons. The van der Waals surface area contributed by atoms with Gasteiger partial charge < -0.3 is 45.5 Å². The van der Waals surface area contributed by atoms with Crippen LogP contribution < -0.4 is 21.9 Å². The van der Waals surface area contributed by atoms with Crippen LogP contribution in [0.15, 0.2) is 159 Å². The fourth-order valence-electron chi connectivity index (χ4n) is 15.2. The number of carbonyl (C=O) groups excluding carboxylic acids is 6. The van der Waals surface area contributed by atoms with Crippen molar-refractivity contribution < 1.29 is 28.8 Å². The van der Waals surface area contributed by atoms with Gasteiger partial charge in [0.05, 0.1) is 12.2 Å². The molecular formula is C92H119N13O6. The molecule has 5 aliphatic heterocycles. The van der Waals surface area contributed by atoms with Crippen LogP contribution in [0.2, 0.25) is 0 Å². The molecule has 19 heteroatoms. The fourth-order valence-corrected chi connectivity index (χ4v) is 15.2. The van der Waals surface area contributed by atoms with Gasteiger partial charge in [-0.1, -0.05) is 152 Å². The fraction of sp³-hybridized carbons (Fsp3) is 0.446. The van der Waals surface area contributed by atoms with Crippen molar-refractivity contribution in [2.75, 3.05) is 110 Å². The molecule has 111 heavy (non-hydrogen) atoms. The van der Waals surface area contributed by atoms with Gasteiger partial charge in [-0.25, -0.2) is 10.8 Å². The highest BCUT2D eigenvalue weighted by Crippen LogP contribution is 2.37. The molecule has 2 saturated heterocycles. The van der Waals surface area contributed by atoms with Crippen LogP contribution in [-0.4, -0.2) is 182 Å². The number of nitrogens with one attached hydrogen (secondary N) is 3. The number of nitrogens with zero attached hydrogens (tertiary/aromatic N) is 9. The maximum atomic E-state index is 13.7. The Labute approximate surface area is 659 Å². The lowest BCUT2D eigenvalue weighted by atomic mass is 9.94. The summed E-state index contributed by atoms with van der Waals surface area (Å²) in [6, 6.07) is 42.2. The number of anilines is 2. The number of Topliss-reactive ketones (excluding diaryl/α,β-unsaturated/α-hetero) is 1. The van der Waals surface area contributed by atoms with Gasteiger partial charge in [-0.15, -0.1) is 0 Å². The third-order valence-electron chi connectivity index (χ3n) is 21.5. The quantitative estimate of drug-likeness (QED) is 0.0216. The molecule has 5 N–H and O–H groups in total. The highest BCUT2D eigenvalue weighted by molar-refractivity contribution is 6.12. The zero-order valence-electron chi connectivity index (χ0n) is 67.4. The average molecular weight is 1500 g/mol. The maximum Gasteiger partial charge on any atom is 0.253 e. The van der Waals surface area contributed by atoms with E-state index in [4.69, 9.17) is 15.8 Å². The first-order valence-electron chi connectivity index (χ1n) is 41.0. The number of hydrogen-bond acceptors (Lipinski definition) is 12. The number of likely N-dealkylation sites (N-methyl/N-ethyl adjacent to an activating group) is 1. The third-order valence-corrected chi connectivity index (χ3v) is 21.5. The number of aliphatic imine (C=N–C) groups is 3. The molecule has 12 rings (SSSR count). The first-order chi connectivity index (χ1) is 54.0. The molecule has 3 fully saturated rings. The van der Waals surface area contributed by atoms with E-state index in [1.807, 2.05) is 148 Å². The summed E-state index contributed by atoms with van der Waals surface area (Å²) in [6.07, 6.45) is 23.9. The standard InChI is InChI=1S/C33H45N5O2.C31H39N3O2.C28H35N5O2/c1-5-7-18-37(17-6-2)33(40)29-22-28-15-14-27(23-30(28)35-31(24-29)34-16-21-36(3)4)25-10-12-26(13-11-25)32(39)38-19-8-9-20-38;1-4-6-18-34(17-5-2)31(36)27-19-26-16-15-25(20-28(26)33-29(21-27)32-3)22-11-13-24(14-12-22)30(35)23-9-7-8-10-23;1-3-13-32(14-4-2)28(35)24-17-23-12-11-22(18-25(23)30-26(19-24)31-29)20-7-9-21(10-8-20)27(34)33-15-5-6-16-33/h10-15,22-23H,5-9,16-21,24H2,1-4H3,(H,34,35);11-16,19-20,23H,4-10,17-18,21H2,1-3H3,(H,32,33);7-12,17-18H,3-6,13-16,19,29H2,1-2H3,(H,30,31). The van der Waals surface area contributed by atoms with E-state index in [1.54, 1.807) is 7.05 Å². The number of carbonyl (C=O) groups is 6. The predicted molar refractivity (Wildman–Crippen MR) is 457 cm³/mol. The Balaban J connectivity index is 0.000000177. The van der Waals surface area contributed by atoms with E-state index in [0.29, 0.717) is 42.8 Å². The molecule has 0 spiro atoms. The smallest absolute Gasteiger partial charge is 0.253 e. The molecule has 5 heterocycles. The Morgan fingerprint density at radius 3 is 1.27 bits per heavy atom. The highest BCUT2D eigenvalue weighted by Gasteiger charge is 2.29. The number of likely N-dealkylation sites (tertiary alicyclic amines) is 2. The Hall–Kier alpha value is -10.1. The van der Waals surface area contributed by atoms with Crippen LogP contribution in [0.1, 0.15) is 211 Å². The van der Waals surface area contributed by atoms with Crippen molar-refractivity contribution >= 4 is 88.1 Å². The lowest BCUT2D eigenvalue weighted by Crippen LogP contribution is -2.36. The SMILES string of the molecule is CCCCN(CCC)C(=O)C1=Cc2ccc(-c3ccc(C(=O)C4CCCC4)cc3)cc2NC(=NC)C1.CCCCN(CCC)C(=O)C1=Cc2ccc(-c3ccc(C(=O)N4CCCC4)cc3)cc2NC(=NCCN(C)C)C1.CCCN(CCC)C(=O)C1=Cc2ccc(-c3ccc(C(=O)N4CCCC4)cc3)cc2N=C(NN)C1. The summed E-state index contributed by atoms with van der Waals surface area (Å²) in [5.41, 5.74) is 18.9. The Morgan fingerprint density at radius 1 is 0.459 bits per heavy atom. The van der Waals surface area contributed by atoms with E-state index < -0.39 is 0 Å². The number of unbranched alkanes of at least 4 members (excludes halogenated alkanes) is 2. The van der Waals surface area contributed by atoms with Gasteiger partial charge in [0.2, 0.25) is 17.7 Å². The summed E-state index contributed by atoms with van der Waals surface area (Å²) in [7, 11) is 5.84. The van der Waals surface area contributed by atoms with Gasteiger partial charge in [-0.3, -0.25) is 38.8 Å².